The molecule has 0 aliphatic heterocycles. The fourth-order valence-electron chi connectivity index (χ4n) is 2.52. The van der Waals surface area contributed by atoms with Crippen molar-refractivity contribution in [2.45, 2.75) is 20.3 Å². The van der Waals surface area contributed by atoms with Crippen molar-refractivity contribution < 1.29 is 4.79 Å². The monoisotopic (exact) mass is 336 g/mol. The summed E-state index contributed by atoms with van der Waals surface area (Å²) >= 11 is 1.45. The van der Waals surface area contributed by atoms with Crippen LogP contribution in [0.2, 0.25) is 0 Å². The summed E-state index contributed by atoms with van der Waals surface area (Å²) in [5, 5.41) is 0.889. The molecule has 0 unspecified atom stereocenters. The van der Waals surface area contributed by atoms with E-state index in [0.29, 0.717) is 4.88 Å². The lowest BCUT2D eigenvalue weighted by Crippen LogP contribution is -2.25. The van der Waals surface area contributed by atoms with Crippen LogP contribution in [-0.4, -0.2) is 17.9 Å². The maximum Gasteiger partial charge on any atom is 0.270 e. The molecule has 1 amide bonds. The van der Waals surface area contributed by atoms with E-state index < -0.39 is 0 Å². The van der Waals surface area contributed by atoms with E-state index in [4.69, 9.17) is 0 Å². The van der Waals surface area contributed by atoms with Crippen LogP contribution in [-0.2, 0) is 6.42 Å². The third-order valence-corrected chi connectivity index (χ3v) is 5.24. The van der Waals surface area contributed by atoms with Crippen LogP contribution in [0, 0.1) is 6.92 Å². The van der Waals surface area contributed by atoms with E-state index in [1.54, 1.807) is 11.9 Å². The molecule has 0 atom stereocenters. The van der Waals surface area contributed by atoms with Crippen LogP contribution in [0.15, 0.2) is 54.6 Å². The lowest BCUT2D eigenvalue weighted by molar-refractivity contribution is 0.0996. The molecule has 1 heterocycles. The summed E-state index contributed by atoms with van der Waals surface area (Å²) in [5.41, 5.74) is 4.01. The molecule has 3 rings (SSSR count). The van der Waals surface area contributed by atoms with Gasteiger partial charge in [-0.1, -0.05) is 49.4 Å². The van der Waals surface area contributed by atoms with Crippen LogP contribution in [0.25, 0.3) is 10.6 Å². The molecule has 1 aromatic heterocycles. The third kappa shape index (κ3) is 3.24. The molecular weight excluding hydrogens is 316 g/mol. The molecular formula is C20H20N2OS. The molecule has 0 fully saturated rings. The van der Waals surface area contributed by atoms with Gasteiger partial charge in [-0.25, -0.2) is 4.98 Å². The minimum atomic E-state index is -0.0207. The van der Waals surface area contributed by atoms with Gasteiger partial charge in [-0.3, -0.25) is 4.79 Å². The second kappa shape index (κ2) is 6.97. The number of para-hydroxylation sites is 1. The highest BCUT2D eigenvalue weighted by Crippen LogP contribution is 2.29. The lowest BCUT2D eigenvalue weighted by Gasteiger charge is -2.16. The number of benzene rings is 2. The molecule has 0 N–H and O–H groups in total. The van der Waals surface area contributed by atoms with E-state index in [2.05, 4.69) is 36.2 Å². The van der Waals surface area contributed by atoms with E-state index in [9.17, 15) is 4.79 Å². The number of thiazole rings is 1. The zero-order valence-corrected chi connectivity index (χ0v) is 14.9. The SMILES string of the molecule is CCc1ccc(-c2nc(C)c(C(=O)N(C)c3ccccc3)s2)cc1. The minimum Gasteiger partial charge on any atom is -0.311 e. The van der Waals surface area contributed by atoms with Gasteiger partial charge in [0.15, 0.2) is 0 Å². The molecule has 0 radical (unpaired) electrons. The fourth-order valence-corrected chi connectivity index (χ4v) is 3.57. The smallest absolute Gasteiger partial charge is 0.270 e. The highest BCUT2D eigenvalue weighted by molar-refractivity contribution is 7.17. The number of nitrogens with zero attached hydrogens (tertiary/aromatic N) is 2. The van der Waals surface area contributed by atoms with Gasteiger partial charge in [0.2, 0.25) is 0 Å². The zero-order chi connectivity index (χ0) is 17.1. The first-order valence-corrected chi connectivity index (χ1v) is 8.81. The van der Waals surface area contributed by atoms with E-state index >= 15 is 0 Å². The van der Waals surface area contributed by atoms with Crippen molar-refractivity contribution in [2.75, 3.05) is 11.9 Å². The molecule has 2 aromatic carbocycles. The molecule has 0 spiro atoms. The van der Waals surface area contributed by atoms with Crippen LogP contribution in [0.1, 0.15) is 27.9 Å². The van der Waals surface area contributed by atoms with Crippen molar-refractivity contribution in [1.29, 1.82) is 0 Å². The van der Waals surface area contributed by atoms with Crippen molar-refractivity contribution in [3.05, 3.63) is 70.7 Å². The Bertz CT molecular complexity index is 838. The number of aromatic nitrogens is 1. The molecule has 3 nitrogen and oxygen atoms in total. The lowest BCUT2D eigenvalue weighted by atomic mass is 10.1. The Labute approximate surface area is 146 Å². The number of carbonyl (C=O) groups is 1. The molecule has 0 saturated heterocycles. The van der Waals surface area contributed by atoms with Crippen molar-refractivity contribution in [3.63, 3.8) is 0 Å². The summed E-state index contributed by atoms with van der Waals surface area (Å²) in [6.07, 6.45) is 1.02. The molecule has 0 saturated carbocycles. The molecule has 24 heavy (non-hydrogen) atoms. The second-order valence-electron chi connectivity index (χ2n) is 5.68. The van der Waals surface area contributed by atoms with Crippen LogP contribution < -0.4 is 4.90 Å². The average molecular weight is 336 g/mol. The Hall–Kier alpha value is -2.46. The molecule has 0 aliphatic rings. The predicted molar refractivity (Wildman–Crippen MR) is 101 cm³/mol. The van der Waals surface area contributed by atoms with E-state index in [0.717, 1.165) is 28.4 Å². The number of anilines is 1. The molecule has 122 valence electrons. The highest BCUT2D eigenvalue weighted by atomic mass is 32.1. The second-order valence-corrected chi connectivity index (χ2v) is 6.68. The summed E-state index contributed by atoms with van der Waals surface area (Å²) in [4.78, 5) is 19.8. The van der Waals surface area contributed by atoms with Crippen LogP contribution in [0.5, 0.6) is 0 Å². The normalized spacial score (nSPS) is 10.6. The van der Waals surface area contributed by atoms with Gasteiger partial charge in [0.1, 0.15) is 9.88 Å². The van der Waals surface area contributed by atoms with Gasteiger partial charge >= 0.3 is 0 Å². The summed E-state index contributed by atoms with van der Waals surface area (Å²) in [7, 11) is 1.80. The predicted octanol–water partition coefficient (Wildman–Crippen LogP) is 4.96. The Morgan fingerprint density at radius 1 is 1.08 bits per heavy atom. The van der Waals surface area contributed by atoms with Crippen molar-refractivity contribution in [2.24, 2.45) is 0 Å². The van der Waals surface area contributed by atoms with Crippen molar-refractivity contribution in [3.8, 4) is 10.6 Å². The Balaban J connectivity index is 1.89. The maximum absolute atomic E-state index is 12.8. The van der Waals surface area contributed by atoms with Crippen molar-refractivity contribution in [1.82, 2.24) is 4.98 Å². The third-order valence-electron chi connectivity index (χ3n) is 4.05. The quantitative estimate of drug-likeness (QED) is 0.675. The standard InChI is InChI=1S/C20H20N2OS/c1-4-15-10-12-16(13-11-15)19-21-14(2)18(24-19)20(23)22(3)17-8-6-5-7-9-17/h5-13H,4H2,1-3H3. The molecule has 0 aliphatic carbocycles. The van der Waals surface area contributed by atoms with Gasteiger partial charge in [0, 0.05) is 18.3 Å². The average Bonchev–Trinajstić information content (AvgIpc) is 3.03. The Morgan fingerprint density at radius 2 is 1.75 bits per heavy atom. The maximum atomic E-state index is 12.8. The van der Waals surface area contributed by atoms with Gasteiger partial charge in [0.05, 0.1) is 5.69 Å². The van der Waals surface area contributed by atoms with Crippen LogP contribution in [0.4, 0.5) is 5.69 Å². The summed E-state index contributed by atoms with van der Waals surface area (Å²) in [6, 6.07) is 18.0. The van der Waals surface area contributed by atoms with Crippen LogP contribution in [0.3, 0.4) is 0 Å². The summed E-state index contributed by atoms with van der Waals surface area (Å²) in [6.45, 7) is 4.03. The van der Waals surface area contributed by atoms with Crippen molar-refractivity contribution >= 4 is 22.9 Å². The first-order chi connectivity index (χ1) is 11.6. The minimum absolute atomic E-state index is 0.0207. The Morgan fingerprint density at radius 3 is 2.38 bits per heavy atom. The van der Waals surface area contributed by atoms with E-state index in [1.165, 1.54) is 16.9 Å². The summed E-state index contributed by atoms with van der Waals surface area (Å²) in [5.74, 6) is -0.0207. The topological polar surface area (TPSA) is 33.2 Å². The molecule has 3 aromatic rings. The number of aryl methyl sites for hydroxylation is 2. The van der Waals surface area contributed by atoms with E-state index in [1.807, 2.05) is 37.3 Å². The number of carbonyl (C=O) groups excluding carboxylic acids is 1. The summed E-state index contributed by atoms with van der Waals surface area (Å²) < 4.78 is 0. The highest BCUT2D eigenvalue weighted by Gasteiger charge is 2.20. The van der Waals surface area contributed by atoms with Gasteiger partial charge in [0.25, 0.3) is 5.91 Å². The Kier molecular flexibility index (Phi) is 4.76. The number of hydrogen-bond acceptors (Lipinski definition) is 3. The number of rotatable bonds is 4. The molecule has 0 bridgehead atoms. The van der Waals surface area contributed by atoms with Gasteiger partial charge in [-0.15, -0.1) is 11.3 Å². The fraction of sp³-hybridized carbons (Fsp3) is 0.200. The van der Waals surface area contributed by atoms with Gasteiger partial charge in [-0.2, -0.15) is 0 Å². The molecule has 4 heteroatoms. The first kappa shape index (κ1) is 16.4. The number of hydrogen-bond donors (Lipinski definition) is 0. The van der Waals surface area contributed by atoms with Crippen LogP contribution >= 0.6 is 11.3 Å². The zero-order valence-electron chi connectivity index (χ0n) is 14.1. The van der Waals surface area contributed by atoms with Gasteiger partial charge in [-0.05, 0) is 31.0 Å². The van der Waals surface area contributed by atoms with Gasteiger partial charge < -0.3 is 4.90 Å². The van der Waals surface area contributed by atoms with E-state index in [-0.39, 0.29) is 5.91 Å². The number of amides is 1. The largest absolute Gasteiger partial charge is 0.311 e. The first-order valence-electron chi connectivity index (χ1n) is 8.00.